The number of halogens is 3. The van der Waals surface area contributed by atoms with Crippen molar-refractivity contribution >= 4 is 22.6 Å². The van der Waals surface area contributed by atoms with Gasteiger partial charge in [0.05, 0.1) is 13.0 Å². The molecular weight excluding hydrogens is 297 g/mol. The molecule has 7 heteroatoms. The van der Waals surface area contributed by atoms with Gasteiger partial charge in [-0.25, -0.2) is 8.78 Å². The molecule has 0 amide bonds. The topological polar surface area (TPSA) is 48.2 Å². The molecule has 0 atom stereocenters. The molecule has 1 aromatic heterocycles. The Morgan fingerprint density at radius 3 is 2.85 bits per heavy atom. The van der Waals surface area contributed by atoms with Crippen LogP contribution in [-0.2, 0) is 11.2 Å². The summed E-state index contributed by atoms with van der Waals surface area (Å²) in [4.78, 5) is 3.87. The molecule has 0 aliphatic rings. The Morgan fingerprint density at radius 1 is 1.54 bits per heavy atom. The Labute approximate surface area is 86.8 Å². The first-order valence-corrected chi connectivity index (χ1v) is 4.60. The van der Waals surface area contributed by atoms with E-state index >= 15 is 0 Å². The molecule has 0 radical (unpaired) electrons. The Balaban J connectivity index is 2.13. The highest BCUT2D eigenvalue weighted by atomic mass is 127. The van der Waals surface area contributed by atoms with Gasteiger partial charge in [-0.05, 0) is 0 Å². The van der Waals surface area contributed by atoms with E-state index in [0.717, 1.165) is 0 Å². The maximum Gasteiger partial charge on any atom is 0.261 e. The minimum Gasteiger partial charge on any atom is -0.375 e. The molecule has 1 rings (SSSR count). The van der Waals surface area contributed by atoms with E-state index in [2.05, 4.69) is 14.9 Å². The predicted octanol–water partition coefficient (Wildman–Crippen LogP) is 1.50. The first-order chi connectivity index (χ1) is 6.18. The molecule has 0 saturated carbocycles. The van der Waals surface area contributed by atoms with Crippen LogP contribution in [-0.4, -0.2) is 29.8 Å². The lowest BCUT2D eigenvalue weighted by atomic mass is 10.4. The lowest BCUT2D eigenvalue weighted by Crippen LogP contribution is -2.07. The summed E-state index contributed by atoms with van der Waals surface area (Å²) in [5.74, 6) is 0.402. The zero-order chi connectivity index (χ0) is 9.68. The fourth-order valence-corrected chi connectivity index (χ4v) is 1.04. The largest absolute Gasteiger partial charge is 0.375 e. The maximum absolute atomic E-state index is 11.6. The summed E-state index contributed by atoms with van der Waals surface area (Å²) in [6.07, 6.45) is -2.06. The van der Waals surface area contributed by atoms with Gasteiger partial charge in [-0.2, -0.15) is 4.98 Å². The van der Waals surface area contributed by atoms with Crippen molar-refractivity contribution in [1.29, 1.82) is 0 Å². The fraction of sp³-hybridized carbons (Fsp3) is 0.667. The standard InChI is InChI=1S/C6H7F2IN2O2/c7-4(8)3-12-2-1-5-10-6(9)11-13-5/h4H,1-3H2. The first-order valence-electron chi connectivity index (χ1n) is 3.52. The van der Waals surface area contributed by atoms with Gasteiger partial charge in [-0.1, -0.05) is 5.16 Å². The van der Waals surface area contributed by atoms with Crippen molar-refractivity contribution in [1.82, 2.24) is 10.1 Å². The number of aromatic nitrogens is 2. The summed E-state index contributed by atoms with van der Waals surface area (Å²) in [6, 6.07) is 0. The van der Waals surface area contributed by atoms with Crippen LogP contribution in [0.25, 0.3) is 0 Å². The van der Waals surface area contributed by atoms with Crippen molar-refractivity contribution in [2.24, 2.45) is 0 Å². The molecular formula is C6H7F2IN2O2. The number of alkyl halides is 2. The molecule has 0 spiro atoms. The van der Waals surface area contributed by atoms with Gasteiger partial charge in [0, 0.05) is 22.6 Å². The van der Waals surface area contributed by atoms with E-state index in [1.165, 1.54) is 0 Å². The SMILES string of the molecule is FC(F)COCCc1nc(I)no1. The second kappa shape index (κ2) is 5.43. The number of ether oxygens (including phenoxy) is 1. The van der Waals surface area contributed by atoms with Gasteiger partial charge in [0.15, 0.2) is 0 Å². The summed E-state index contributed by atoms with van der Waals surface area (Å²) < 4.78 is 33.0. The molecule has 0 aliphatic heterocycles. The molecule has 4 nitrogen and oxygen atoms in total. The van der Waals surface area contributed by atoms with E-state index in [4.69, 9.17) is 4.52 Å². The molecule has 0 N–H and O–H groups in total. The number of hydrogen-bond donors (Lipinski definition) is 0. The summed E-state index contributed by atoms with van der Waals surface area (Å²) >= 11 is 1.90. The first kappa shape index (κ1) is 10.8. The van der Waals surface area contributed by atoms with Crippen LogP contribution in [0.4, 0.5) is 8.78 Å². The molecule has 0 fully saturated rings. The van der Waals surface area contributed by atoms with Crippen LogP contribution >= 0.6 is 22.6 Å². The molecule has 0 bridgehead atoms. The lowest BCUT2D eigenvalue weighted by molar-refractivity contribution is 0.0171. The zero-order valence-electron chi connectivity index (χ0n) is 6.54. The van der Waals surface area contributed by atoms with Crippen LogP contribution in [0.3, 0.4) is 0 Å². The van der Waals surface area contributed by atoms with Crippen LogP contribution in [0.15, 0.2) is 4.52 Å². The second-order valence-electron chi connectivity index (χ2n) is 2.17. The van der Waals surface area contributed by atoms with E-state index in [1.807, 2.05) is 22.6 Å². The van der Waals surface area contributed by atoms with Gasteiger partial charge in [0.1, 0.15) is 6.61 Å². The quantitative estimate of drug-likeness (QED) is 0.611. The lowest BCUT2D eigenvalue weighted by Gasteiger charge is -1.99. The summed E-state index contributed by atoms with van der Waals surface area (Å²) in [5.41, 5.74) is 0. The summed E-state index contributed by atoms with van der Waals surface area (Å²) in [5, 5.41) is 3.53. The van der Waals surface area contributed by atoms with Crippen molar-refractivity contribution < 1.29 is 18.0 Å². The predicted molar refractivity (Wildman–Crippen MR) is 47.5 cm³/mol. The van der Waals surface area contributed by atoms with E-state index < -0.39 is 13.0 Å². The zero-order valence-corrected chi connectivity index (χ0v) is 8.70. The summed E-state index contributed by atoms with van der Waals surface area (Å²) in [6.45, 7) is -0.381. The molecule has 1 heterocycles. The molecule has 0 unspecified atom stereocenters. The van der Waals surface area contributed by atoms with Crippen LogP contribution < -0.4 is 0 Å². The second-order valence-corrected chi connectivity index (χ2v) is 3.14. The number of rotatable bonds is 5. The minimum absolute atomic E-state index is 0.169. The van der Waals surface area contributed by atoms with Gasteiger partial charge in [-0.3, -0.25) is 0 Å². The van der Waals surface area contributed by atoms with E-state index in [0.29, 0.717) is 16.1 Å². The third-order valence-corrected chi connectivity index (χ3v) is 1.59. The van der Waals surface area contributed by atoms with Crippen LogP contribution in [0.1, 0.15) is 5.89 Å². The molecule has 74 valence electrons. The van der Waals surface area contributed by atoms with Gasteiger partial charge >= 0.3 is 0 Å². The van der Waals surface area contributed by atoms with Crippen molar-refractivity contribution in [3.8, 4) is 0 Å². The molecule has 0 saturated heterocycles. The molecule has 0 aromatic carbocycles. The van der Waals surface area contributed by atoms with Crippen LogP contribution in [0.2, 0.25) is 0 Å². The van der Waals surface area contributed by atoms with E-state index in [9.17, 15) is 8.78 Å². The highest BCUT2D eigenvalue weighted by molar-refractivity contribution is 14.1. The Hall–Kier alpha value is -0.310. The number of hydrogen-bond acceptors (Lipinski definition) is 4. The van der Waals surface area contributed by atoms with E-state index in [-0.39, 0.29) is 6.61 Å². The van der Waals surface area contributed by atoms with Gasteiger partial charge in [0.2, 0.25) is 9.72 Å². The van der Waals surface area contributed by atoms with Crippen molar-refractivity contribution in [3.63, 3.8) is 0 Å². The van der Waals surface area contributed by atoms with Crippen LogP contribution in [0.5, 0.6) is 0 Å². The third-order valence-electron chi connectivity index (χ3n) is 1.15. The third kappa shape index (κ3) is 4.46. The van der Waals surface area contributed by atoms with Crippen molar-refractivity contribution in [2.45, 2.75) is 12.8 Å². The Kier molecular flexibility index (Phi) is 4.50. The van der Waals surface area contributed by atoms with Crippen molar-refractivity contribution in [2.75, 3.05) is 13.2 Å². The number of nitrogens with zero attached hydrogens (tertiary/aromatic N) is 2. The maximum atomic E-state index is 11.6. The highest BCUT2D eigenvalue weighted by Crippen LogP contribution is 2.01. The van der Waals surface area contributed by atoms with Gasteiger partial charge in [-0.15, -0.1) is 0 Å². The molecule has 1 aromatic rings. The monoisotopic (exact) mass is 304 g/mol. The normalized spacial score (nSPS) is 11.1. The van der Waals surface area contributed by atoms with Crippen molar-refractivity contribution in [3.05, 3.63) is 9.72 Å². The van der Waals surface area contributed by atoms with E-state index in [1.54, 1.807) is 0 Å². The average molecular weight is 304 g/mol. The fourth-order valence-electron chi connectivity index (χ4n) is 0.668. The molecule has 0 aliphatic carbocycles. The van der Waals surface area contributed by atoms with Gasteiger partial charge < -0.3 is 9.26 Å². The summed E-state index contributed by atoms with van der Waals surface area (Å²) in [7, 11) is 0. The van der Waals surface area contributed by atoms with Gasteiger partial charge in [0.25, 0.3) is 6.43 Å². The Morgan fingerprint density at radius 2 is 2.31 bits per heavy atom. The van der Waals surface area contributed by atoms with Crippen LogP contribution in [0, 0.1) is 3.83 Å². The smallest absolute Gasteiger partial charge is 0.261 e. The minimum atomic E-state index is -2.43. The average Bonchev–Trinajstić information content (AvgIpc) is 2.45. The highest BCUT2D eigenvalue weighted by Gasteiger charge is 2.05. The molecule has 13 heavy (non-hydrogen) atoms. The Bertz CT molecular complexity index is 257.